The van der Waals surface area contributed by atoms with E-state index in [2.05, 4.69) is 10.1 Å². The van der Waals surface area contributed by atoms with E-state index in [4.69, 9.17) is 9.84 Å². The van der Waals surface area contributed by atoms with Gasteiger partial charge >= 0.3 is 5.97 Å². The lowest BCUT2D eigenvalue weighted by Crippen LogP contribution is -2.00. The molecule has 0 saturated carbocycles. The minimum absolute atomic E-state index is 0.0780. The first-order valence-corrected chi connectivity index (χ1v) is 6.16. The summed E-state index contributed by atoms with van der Waals surface area (Å²) in [5, 5.41) is 11.8. The molecule has 102 valence electrons. The lowest BCUT2D eigenvalue weighted by molar-refractivity contribution is -0.136. The van der Waals surface area contributed by atoms with Crippen LogP contribution < -0.4 is 4.74 Å². The Balaban J connectivity index is 1.70. The Morgan fingerprint density at radius 1 is 1.35 bits per heavy atom. The molecule has 6 heteroatoms. The van der Waals surface area contributed by atoms with Crippen LogP contribution in [0.5, 0.6) is 5.75 Å². The Hall–Kier alpha value is -2.76. The molecule has 20 heavy (non-hydrogen) atoms. The molecule has 3 rings (SSSR count). The number of aromatic nitrogens is 3. The molecular formula is C14H13N3O3. The Labute approximate surface area is 114 Å². The average molecular weight is 271 g/mol. The summed E-state index contributed by atoms with van der Waals surface area (Å²) in [6.07, 6.45) is 1.60. The number of H-pyrrole nitrogens is 1. The summed E-state index contributed by atoms with van der Waals surface area (Å²) in [7, 11) is 0. The number of aromatic amines is 1. The number of fused-ring (bicyclic) bond motifs is 1. The molecule has 0 atom stereocenters. The van der Waals surface area contributed by atoms with Crippen LogP contribution in [0.1, 0.15) is 11.4 Å². The standard InChI is InChI=1S/C14H13N3O3/c18-14(19)7-10-8-17-13(15-10)6-11(16-17)9-20-12-4-2-1-3-5-12/h1-6,8,16H,7,9H2,(H,18,19). The van der Waals surface area contributed by atoms with Crippen molar-refractivity contribution in [1.29, 1.82) is 0 Å². The minimum Gasteiger partial charge on any atom is -0.487 e. The molecule has 0 aliphatic carbocycles. The number of carboxylic acid groups (broad SMARTS) is 1. The number of imidazole rings is 1. The first-order valence-electron chi connectivity index (χ1n) is 6.16. The van der Waals surface area contributed by atoms with Crippen molar-refractivity contribution in [2.75, 3.05) is 0 Å². The molecule has 0 radical (unpaired) electrons. The van der Waals surface area contributed by atoms with Gasteiger partial charge in [0.25, 0.3) is 0 Å². The molecule has 3 aromatic rings. The van der Waals surface area contributed by atoms with Crippen LogP contribution in [0.2, 0.25) is 0 Å². The van der Waals surface area contributed by atoms with Crippen molar-refractivity contribution >= 4 is 11.6 Å². The van der Waals surface area contributed by atoms with Crippen molar-refractivity contribution in [2.24, 2.45) is 0 Å². The lowest BCUT2D eigenvalue weighted by Gasteiger charge is -2.03. The highest BCUT2D eigenvalue weighted by Crippen LogP contribution is 2.13. The van der Waals surface area contributed by atoms with Gasteiger partial charge in [0.15, 0.2) is 5.65 Å². The second-order valence-corrected chi connectivity index (χ2v) is 4.41. The van der Waals surface area contributed by atoms with Crippen LogP contribution in [0, 0.1) is 0 Å². The van der Waals surface area contributed by atoms with Crippen molar-refractivity contribution < 1.29 is 14.6 Å². The number of carbonyl (C=O) groups is 1. The maximum absolute atomic E-state index is 10.6. The zero-order chi connectivity index (χ0) is 13.9. The summed E-state index contributed by atoms with van der Waals surface area (Å²) < 4.78 is 7.32. The van der Waals surface area contributed by atoms with Crippen LogP contribution in [-0.2, 0) is 17.8 Å². The highest BCUT2D eigenvalue weighted by molar-refractivity contribution is 5.69. The molecule has 0 aliphatic rings. The Bertz CT molecular complexity index is 699. The van der Waals surface area contributed by atoms with E-state index in [-0.39, 0.29) is 6.42 Å². The van der Waals surface area contributed by atoms with Crippen LogP contribution in [0.3, 0.4) is 0 Å². The van der Waals surface area contributed by atoms with Crippen molar-refractivity contribution in [3.8, 4) is 5.75 Å². The van der Waals surface area contributed by atoms with Gasteiger partial charge in [0.1, 0.15) is 12.4 Å². The molecule has 1 aromatic carbocycles. The number of aliphatic carboxylic acids is 1. The van der Waals surface area contributed by atoms with E-state index in [0.29, 0.717) is 17.9 Å². The fraction of sp³-hybridized carbons (Fsp3) is 0.143. The molecule has 6 nitrogen and oxygen atoms in total. The van der Waals surface area contributed by atoms with E-state index in [9.17, 15) is 4.79 Å². The van der Waals surface area contributed by atoms with Gasteiger partial charge in [0, 0.05) is 6.07 Å². The lowest BCUT2D eigenvalue weighted by atomic mass is 10.3. The molecule has 0 saturated heterocycles. The molecule has 2 N–H and O–H groups in total. The number of rotatable bonds is 5. The molecule has 0 fully saturated rings. The number of hydrogen-bond donors (Lipinski definition) is 2. The first-order chi connectivity index (χ1) is 9.70. The normalized spacial score (nSPS) is 10.8. The summed E-state index contributed by atoms with van der Waals surface area (Å²) in [6, 6.07) is 11.4. The Morgan fingerprint density at radius 2 is 2.15 bits per heavy atom. The maximum Gasteiger partial charge on any atom is 0.309 e. The fourth-order valence-electron chi connectivity index (χ4n) is 1.97. The number of nitrogens with zero attached hydrogens (tertiary/aromatic N) is 2. The van der Waals surface area contributed by atoms with Gasteiger partial charge in [-0.2, -0.15) is 0 Å². The number of ether oxygens (including phenoxy) is 1. The molecule has 0 unspecified atom stereocenters. The average Bonchev–Trinajstić information content (AvgIpc) is 2.94. The van der Waals surface area contributed by atoms with Gasteiger partial charge in [-0.05, 0) is 12.1 Å². The number of hydrogen-bond acceptors (Lipinski definition) is 3. The zero-order valence-electron chi connectivity index (χ0n) is 10.6. The molecular weight excluding hydrogens is 258 g/mol. The smallest absolute Gasteiger partial charge is 0.309 e. The summed E-state index contributed by atoms with van der Waals surface area (Å²) in [5.74, 6) is -0.0929. The third-order valence-corrected chi connectivity index (χ3v) is 2.82. The van der Waals surface area contributed by atoms with E-state index in [1.807, 2.05) is 36.4 Å². The maximum atomic E-state index is 10.6. The number of carboxylic acids is 1. The van der Waals surface area contributed by atoms with Crippen LogP contribution in [0.25, 0.3) is 5.65 Å². The quantitative estimate of drug-likeness (QED) is 0.742. The highest BCUT2D eigenvalue weighted by Gasteiger charge is 2.08. The molecule has 0 aliphatic heterocycles. The van der Waals surface area contributed by atoms with Crippen LogP contribution in [0.15, 0.2) is 42.6 Å². The van der Waals surface area contributed by atoms with Gasteiger partial charge in [0.05, 0.1) is 24.0 Å². The van der Waals surface area contributed by atoms with Crippen molar-refractivity contribution in [2.45, 2.75) is 13.0 Å². The van der Waals surface area contributed by atoms with Gasteiger partial charge in [0.2, 0.25) is 0 Å². The zero-order valence-corrected chi connectivity index (χ0v) is 10.6. The predicted molar refractivity (Wildman–Crippen MR) is 71.7 cm³/mol. The van der Waals surface area contributed by atoms with E-state index >= 15 is 0 Å². The highest BCUT2D eigenvalue weighted by atomic mass is 16.5. The number of benzene rings is 1. The Morgan fingerprint density at radius 3 is 2.85 bits per heavy atom. The second kappa shape index (κ2) is 5.08. The molecule has 0 amide bonds. The SMILES string of the molecule is O=C(O)Cc1cn2[nH]c(COc3ccccc3)cc2n1. The molecule has 0 spiro atoms. The first kappa shape index (κ1) is 12.3. The summed E-state index contributed by atoms with van der Waals surface area (Å²) in [5.41, 5.74) is 2.09. The minimum atomic E-state index is -0.890. The van der Waals surface area contributed by atoms with Crippen LogP contribution in [0.4, 0.5) is 0 Å². The van der Waals surface area contributed by atoms with Crippen molar-refractivity contribution in [3.63, 3.8) is 0 Å². The van der Waals surface area contributed by atoms with Gasteiger partial charge < -0.3 is 9.84 Å². The van der Waals surface area contributed by atoms with Gasteiger partial charge in [-0.25, -0.2) is 9.50 Å². The summed E-state index contributed by atoms with van der Waals surface area (Å²) in [6.45, 7) is 0.404. The van der Waals surface area contributed by atoms with Crippen LogP contribution >= 0.6 is 0 Å². The monoisotopic (exact) mass is 271 g/mol. The van der Waals surface area contributed by atoms with E-state index in [1.165, 1.54) is 0 Å². The molecule has 2 heterocycles. The van der Waals surface area contributed by atoms with Crippen molar-refractivity contribution in [3.05, 3.63) is 54.0 Å². The Kier molecular flexibility index (Phi) is 3.12. The summed E-state index contributed by atoms with van der Waals surface area (Å²) in [4.78, 5) is 14.8. The summed E-state index contributed by atoms with van der Waals surface area (Å²) >= 11 is 0. The molecule has 2 aromatic heterocycles. The third kappa shape index (κ3) is 2.64. The predicted octanol–water partition coefficient (Wildman–Crippen LogP) is 1.87. The van der Waals surface area contributed by atoms with Crippen molar-refractivity contribution in [1.82, 2.24) is 14.6 Å². The van der Waals surface area contributed by atoms with Crippen LogP contribution in [-0.4, -0.2) is 25.7 Å². The molecule has 0 bridgehead atoms. The van der Waals surface area contributed by atoms with Gasteiger partial charge in [-0.1, -0.05) is 18.2 Å². The van der Waals surface area contributed by atoms with Gasteiger partial charge in [-0.3, -0.25) is 9.89 Å². The van der Waals surface area contributed by atoms with E-state index < -0.39 is 5.97 Å². The largest absolute Gasteiger partial charge is 0.487 e. The fourth-order valence-corrected chi connectivity index (χ4v) is 1.97. The van der Waals surface area contributed by atoms with E-state index in [1.54, 1.807) is 10.7 Å². The second-order valence-electron chi connectivity index (χ2n) is 4.41. The third-order valence-electron chi connectivity index (χ3n) is 2.82. The number of nitrogens with one attached hydrogen (secondary N) is 1. The van der Waals surface area contributed by atoms with Gasteiger partial charge in [-0.15, -0.1) is 0 Å². The van der Waals surface area contributed by atoms with E-state index in [0.717, 1.165) is 11.4 Å². The number of para-hydroxylation sites is 1. The topological polar surface area (TPSA) is 79.6 Å².